The molecular formula is C20H22Cl2N4S3. The third-order valence-corrected chi connectivity index (χ3v) is 7.79. The highest BCUT2D eigenvalue weighted by molar-refractivity contribution is 8.00. The molecule has 0 aliphatic rings. The average Bonchev–Trinajstić information content (AvgIpc) is 3.13. The van der Waals surface area contributed by atoms with E-state index in [-0.39, 0.29) is 0 Å². The highest BCUT2D eigenvalue weighted by Crippen LogP contribution is 2.42. The lowest BCUT2D eigenvalue weighted by atomic mass is 10.4. The van der Waals surface area contributed by atoms with Crippen molar-refractivity contribution >= 4 is 69.2 Å². The number of hydrogen-bond donors (Lipinski definition) is 0. The molecule has 0 atom stereocenters. The second-order valence-electron chi connectivity index (χ2n) is 6.58. The first-order valence-corrected chi connectivity index (χ1v) is 12.4. The summed E-state index contributed by atoms with van der Waals surface area (Å²) < 4.78 is 1.53. The Balaban J connectivity index is 1.86. The lowest BCUT2D eigenvalue weighted by Crippen LogP contribution is -2.13. The van der Waals surface area contributed by atoms with E-state index in [1.54, 1.807) is 23.5 Å². The number of aryl methyl sites for hydroxylation is 1. The summed E-state index contributed by atoms with van der Waals surface area (Å²) in [6.07, 6.45) is 2.99. The normalized spacial score (nSPS) is 11.2. The van der Waals surface area contributed by atoms with E-state index in [1.807, 2.05) is 42.8 Å². The van der Waals surface area contributed by atoms with Crippen LogP contribution in [-0.2, 0) is 0 Å². The smallest absolute Gasteiger partial charge is 0.206 e. The molecule has 2 heterocycles. The highest BCUT2D eigenvalue weighted by Gasteiger charge is 2.18. The van der Waals surface area contributed by atoms with Crippen molar-refractivity contribution in [2.24, 2.45) is 0 Å². The lowest BCUT2D eigenvalue weighted by Gasteiger charge is -2.17. The van der Waals surface area contributed by atoms with Crippen LogP contribution in [0, 0.1) is 6.92 Å². The molecule has 0 amide bonds. The van der Waals surface area contributed by atoms with Crippen LogP contribution in [0.4, 0.5) is 10.9 Å². The summed E-state index contributed by atoms with van der Waals surface area (Å²) in [7, 11) is 4.18. The molecule has 0 N–H and O–H groups in total. The topological polar surface area (TPSA) is 32.3 Å². The fraction of sp³-hybridized carbons (Fsp3) is 0.300. The van der Waals surface area contributed by atoms with Gasteiger partial charge in [0.25, 0.3) is 0 Å². The van der Waals surface area contributed by atoms with E-state index in [0.717, 1.165) is 39.1 Å². The molecule has 0 fully saturated rings. The van der Waals surface area contributed by atoms with Crippen molar-refractivity contribution in [2.45, 2.75) is 28.0 Å². The monoisotopic (exact) mass is 484 g/mol. The average molecular weight is 486 g/mol. The molecular weight excluding hydrogens is 463 g/mol. The van der Waals surface area contributed by atoms with E-state index in [4.69, 9.17) is 23.4 Å². The zero-order valence-corrected chi connectivity index (χ0v) is 20.4. The second-order valence-corrected chi connectivity index (χ2v) is 10.4. The predicted octanol–water partition coefficient (Wildman–Crippen LogP) is 6.99. The van der Waals surface area contributed by atoms with Gasteiger partial charge in [0, 0.05) is 33.1 Å². The van der Waals surface area contributed by atoms with E-state index >= 15 is 0 Å². The van der Waals surface area contributed by atoms with Gasteiger partial charge in [-0.25, -0.2) is 14.4 Å². The van der Waals surface area contributed by atoms with Gasteiger partial charge in [0.2, 0.25) is 5.13 Å². The minimum absolute atomic E-state index is 0.656. The highest BCUT2D eigenvalue weighted by atomic mass is 35.5. The van der Waals surface area contributed by atoms with Crippen LogP contribution in [0.15, 0.2) is 56.6 Å². The molecule has 0 radical (unpaired) electrons. The molecule has 154 valence electrons. The third kappa shape index (κ3) is 6.51. The quantitative estimate of drug-likeness (QED) is 0.185. The SMILES string of the molecule is Cc1csc(N(Cl)c2ncc(SCCCN(C)C)cc2Sc2ccccc2Cl)n1. The van der Waals surface area contributed by atoms with Gasteiger partial charge in [-0.15, -0.1) is 23.1 Å². The van der Waals surface area contributed by atoms with Crippen molar-refractivity contribution in [1.29, 1.82) is 0 Å². The fourth-order valence-electron chi connectivity index (χ4n) is 2.46. The summed E-state index contributed by atoms with van der Waals surface area (Å²) in [5.41, 5.74) is 0.934. The van der Waals surface area contributed by atoms with Crippen molar-refractivity contribution in [3.8, 4) is 0 Å². The molecule has 1 aromatic carbocycles. The zero-order valence-electron chi connectivity index (χ0n) is 16.4. The number of aromatic nitrogens is 2. The van der Waals surface area contributed by atoms with Crippen LogP contribution in [0.5, 0.6) is 0 Å². The van der Waals surface area contributed by atoms with Crippen molar-refractivity contribution in [3.05, 3.63) is 52.6 Å². The first-order valence-electron chi connectivity index (χ1n) is 9.02. The molecule has 29 heavy (non-hydrogen) atoms. The summed E-state index contributed by atoms with van der Waals surface area (Å²) in [5.74, 6) is 1.69. The van der Waals surface area contributed by atoms with Crippen LogP contribution in [0.2, 0.25) is 5.02 Å². The third-order valence-electron chi connectivity index (χ3n) is 3.84. The first kappa shape index (κ1) is 22.7. The number of benzene rings is 1. The van der Waals surface area contributed by atoms with Crippen LogP contribution in [-0.4, -0.2) is 41.3 Å². The molecule has 0 saturated carbocycles. The van der Waals surface area contributed by atoms with Gasteiger partial charge in [-0.2, -0.15) is 0 Å². The van der Waals surface area contributed by atoms with Gasteiger partial charge >= 0.3 is 0 Å². The molecule has 9 heteroatoms. The van der Waals surface area contributed by atoms with Gasteiger partial charge < -0.3 is 4.90 Å². The predicted molar refractivity (Wildman–Crippen MR) is 129 cm³/mol. The Morgan fingerprint density at radius 1 is 1.17 bits per heavy atom. The molecule has 0 unspecified atom stereocenters. The van der Waals surface area contributed by atoms with E-state index in [2.05, 4.69) is 35.0 Å². The molecule has 2 aromatic heterocycles. The number of thioether (sulfide) groups is 1. The summed E-state index contributed by atoms with van der Waals surface area (Å²) in [4.78, 5) is 14.4. The van der Waals surface area contributed by atoms with Crippen molar-refractivity contribution in [3.63, 3.8) is 0 Å². The Bertz CT molecular complexity index is 949. The van der Waals surface area contributed by atoms with Crippen molar-refractivity contribution in [2.75, 3.05) is 30.8 Å². The minimum Gasteiger partial charge on any atom is -0.309 e. The molecule has 0 aliphatic heterocycles. The van der Waals surface area contributed by atoms with Crippen LogP contribution < -0.4 is 4.42 Å². The van der Waals surface area contributed by atoms with Crippen LogP contribution in [0.25, 0.3) is 0 Å². The molecule has 4 nitrogen and oxygen atoms in total. The van der Waals surface area contributed by atoms with Crippen LogP contribution in [0.3, 0.4) is 0 Å². The Morgan fingerprint density at radius 3 is 2.66 bits per heavy atom. The summed E-state index contributed by atoms with van der Waals surface area (Å²) >= 11 is 17.9. The maximum atomic E-state index is 6.63. The summed E-state index contributed by atoms with van der Waals surface area (Å²) in [6.45, 7) is 3.02. The maximum absolute atomic E-state index is 6.63. The Kier molecular flexibility index (Phi) is 8.53. The molecule has 0 aliphatic carbocycles. The van der Waals surface area contributed by atoms with Gasteiger partial charge in [-0.3, -0.25) is 0 Å². The Hall–Kier alpha value is -0.960. The number of anilines is 2. The number of thiazole rings is 1. The number of nitrogens with zero attached hydrogens (tertiary/aromatic N) is 4. The van der Waals surface area contributed by atoms with E-state index in [1.165, 1.54) is 15.8 Å². The maximum Gasteiger partial charge on any atom is 0.206 e. The first-order chi connectivity index (χ1) is 13.9. The van der Waals surface area contributed by atoms with Gasteiger partial charge in [-0.05, 0) is 57.9 Å². The molecule has 0 saturated heterocycles. The zero-order chi connectivity index (χ0) is 20.8. The van der Waals surface area contributed by atoms with Gasteiger partial charge in [0.1, 0.15) is 0 Å². The number of pyridine rings is 1. The number of hydrogen-bond acceptors (Lipinski definition) is 7. The fourth-order valence-corrected chi connectivity index (χ4v) is 5.64. The van der Waals surface area contributed by atoms with Crippen LogP contribution in [0.1, 0.15) is 12.1 Å². The second kappa shape index (κ2) is 10.9. The van der Waals surface area contributed by atoms with E-state index in [9.17, 15) is 0 Å². The Morgan fingerprint density at radius 2 is 1.97 bits per heavy atom. The summed E-state index contributed by atoms with van der Waals surface area (Å²) in [5, 5.41) is 3.38. The van der Waals surface area contributed by atoms with Crippen molar-refractivity contribution < 1.29 is 0 Å². The van der Waals surface area contributed by atoms with Gasteiger partial charge in [0.15, 0.2) is 5.82 Å². The molecule has 3 aromatic rings. The van der Waals surface area contributed by atoms with Gasteiger partial charge in [0.05, 0.1) is 15.6 Å². The van der Waals surface area contributed by atoms with E-state index in [0.29, 0.717) is 16.0 Å². The lowest BCUT2D eigenvalue weighted by molar-refractivity contribution is 0.410. The number of halogens is 2. The molecule has 3 rings (SSSR count). The minimum atomic E-state index is 0.656. The van der Waals surface area contributed by atoms with E-state index < -0.39 is 0 Å². The van der Waals surface area contributed by atoms with Crippen LogP contribution >= 0.6 is 58.2 Å². The molecule has 0 spiro atoms. The number of rotatable bonds is 9. The summed E-state index contributed by atoms with van der Waals surface area (Å²) in [6, 6.07) is 9.92. The largest absolute Gasteiger partial charge is 0.309 e. The van der Waals surface area contributed by atoms with Crippen molar-refractivity contribution in [1.82, 2.24) is 14.9 Å². The Labute approximate surface area is 194 Å². The van der Waals surface area contributed by atoms with Gasteiger partial charge in [-0.1, -0.05) is 35.5 Å². The standard InChI is InChI=1S/C20H22Cl2N4S3/c1-14-13-28-20(24-14)26(22)19-18(29-17-8-5-4-7-16(17)21)11-15(12-23-19)27-10-6-9-25(2)3/h4-5,7-8,11-13H,6,9-10H2,1-3H3. The molecule has 0 bridgehead atoms.